The summed E-state index contributed by atoms with van der Waals surface area (Å²) in [6.45, 7) is 2.40. The van der Waals surface area contributed by atoms with Crippen molar-refractivity contribution in [3.8, 4) is 5.75 Å². The van der Waals surface area contributed by atoms with Gasteiger partial charge in [-0.2, -0.15) is 0 Å². The van der Waals surface area contributed by atoms with Crippen molar-refractivity contribution in [3.05, 3.63) is 29.8 Å². The molecule has 1 aliphatic carbocycles. The van der Waals surface area contributed by atoms with Crippen molar-refractivity contribution in [2.75, 3.05) is 20.2 Å². The van der Waals surface area contributed by atoms with Gasteiger partial charge in [-0.25, -0.2) is 0 Å². The Kier molecular flexibility index (Phi) is 5.55. The van der Waals surface area contributed by atoms with Gasteiger partial charge in [-0.05, 0) is 49.8 Å². The molecule has 1 saturated carbocycles. The van der Waals surface area contributed by atoms with Gasteiger partial charge in [0.1, 0.15) is 5.75 Å². The maximum absolute atomic E-state index is 12.3. The van der Waals surface area contributed by atoms with Crippen molar-refractivity contribution in [1.82, 2.24) is 5.32 Å². The molecule has 2 fully saturated rings. The number of nitrogens with one attached hydrogen (secondary N) is 2. The first-order valence-electron chi connectivity index (χ1n) is 9.00. The van der Waals surface area contributed by atoms with Crippen LogP contribution in [0.25, 0.3) is 0 Å². The van der Waals surface area contributed by atoms with Gasteiger partial charge >= 0.3 is 0 Å². The predicted octanol–water partition coefficient (Wildman–Crippen LogP) is 1.55. The minimum Gasteiger partial charge on any atom is -0.497 e. The van der Waals surface area contributed by atoms with Gasteiger partial charge in [-0.15, -0.1) is 0 Å². The van der Waals surface area contributed by atoms with Crippen LogP contribution in [0.5, 0.6) is 5.75 Å². The van der Waals surface area contributed by atoms with E-state index in [1.807, 2.05) is 24.3 Å². The summed E-state index contributed by atoms with van der Waals surface area (Å²) in [6, 6.07) is 8.60. The predicted molar refractivity (Wildman–Crippen MR) is 90.5 cm³/mol. The number of carbonyl (C=O) groups excluding carboxylic acids is 1. The van der Waals surface area contributed by atoms with Gasteiger partial charge in [-0.3, -0.25) is 4.79 Å². The number of amides is 1. The number of rotatable bonds is 5. The third-order valence-electron chi connectivity index (χ3n) is 5.54. The van der Waals surface area contributed by atoms with Crippen molar-refractivity contribution >= 4 is 5.91 Å². The first-order valence-corrected chi connectivity index (χ1v) is 9.00. The maximum Gasteiger partial charge on any atom is 0.275 e. The van der Waals surface area contributed by atoms with E-state index in [4.69, 9.17) is 4.74 Å². The first kappa shape index (κ1) is 16.3. The summed E-state index contributed by atoms with van der Waals surface area (Å²) in [5.74, 6) is 1.89. The lowest BCUT2D eigenvalue weighted by Crippen LogP contribution is -3.18. The summed E-state index contributed by atoms with van der Waals surface area (Å²) < 4.78 is 5.15. The fourth-order valence-electron chi connectivity index (χ4n) is 4.30. The molecule has 4 heteroatoms. The Morgan fingerprint density at radius 2 is 1.91 bits per heavy atom. The largest absolute Gasteiger partial charge is 0.497 e. The first-order chi connectivity index (χ1) is 11.3. The molecule has 1 aromatic rings. The minimum atomic E-state index is 0.182. The van der Waals surface area contributed by atoms with E-state index in [2.05, 4.69) is 5.32 Å². The van der Waals surface area contributed by atoms with Crippen LogP contribution in [0, 0.1) is 5.92 Å². The highest BCUT2D eigenvalue weighted by Crippen LogP contribution is 2.28. The summed E-state index contributed by atoms with van der Waals surface area (Å²) in [7, 11) is 1.66. The topological polar surface area (TPSA) is 42.8 Å². The molecule has 1 unspecified atom stereocenters. The standard InChI is InChI=1S/C19H28N2O2/c1-23-17-10-8-15(9-11-17)13-20-19(22)14-21-12-4-6-16-5-2-3-7-18(16)21/h8-11,16,18H,2-7,12-14H2,1H3,(H,20,22)/p+1/t16-,18+/m1/s1. The van der Waals surface area contributed by atoms with E-state index >= 15 is 0 Å². The Bertz CT molecular complexity index is 513. The Labute approximate surface area is 139 Å². The fourth-order valence-corrected chi connectivity index (χ4v) is 4.30. The minimum absolute atomic E-state index is 0.182. The van der Waals surface area contributed by atoms with Gasteiger partial charge in [0.15, 0.2) is 6.54 Å². The van der Waals surface area contributed by atoms with E-state index in [9.17, 15) is 4.79 Å². The molecule has 0 bridgehead atoms. The number of piperidine rings is 1. The average Bonchev–Trinajstić information content (AvgIpc) is 2.61. The van der Waals surface area contributed by atoms with Gasteiger partial charge < -0.3 is 15.0 Å². The summed E-state index contributed by atoms with van der Waals surface area (Å²) >= 11 is 0. The van der Waals surface area contributed by atoms with Crippen LogP contribution < -0.4 is 15.0 Å². The van der Waals surface area contributed by atoms with E-state index in [0.717, 1.165) is 29.8 Å². The van der Waals surface area contributed by atoms with E-state index in [-0.39, 0.29) is 5.91 Å². The van der Waals surface area contributed by atoms with Crippen LogP contribution in [0.1, 0.15) is 44.1 Å². The zero-order chi connectivity index (χ0) is 16.1. The molecule has 4 nitrogen and oxygen atoms in total. The van der Waals surface area contributed by atoms with Gasteiger partial charge in [0, 0.05) is 12.5 Å². The maximum atomic E-state index is 12.3. The molecule has 1 saturated heterocycles. The normalized spacial score (nSPS) is 27.1. The number of ether oxygens (including phenoxy) is 1. The SMILES string of the molecule is COc1ccc(CNC(=O)C[NH+]2CCC[C@H]3CCCC[C@@H]32)cc1. The van der Waals surface area contributed by atoms with Crippen LogP contribution in [-0.2, 0) is 11.3 Å². The molecular formula is C19H29N2O2+. The number of methoxy groups -OCH3 is 1. The highest BCUT2D eigenvalue weighted by atomic mass is 16.5. The van der Waals surface area contributed by atoms with Crippen LogP contribution in [0.15, 0.2) is 24.3 Å². The molecule has 1 heterocycles. The number of quaternary nitrogens is 1. The molecule has 2 N–H and O–H groups in total. The quantitative estimate of drug-likeness (QED) is 0.865. The second-order valence-corrected chi connectivity index (χ2v) is 7.00. The summed E-state index contributed by atoms with van der Waals surface area (Å²) in [5.41, 5.74) is 1.11. The van der Waals surface area contributed by atoms with Gasteiger partial charge in [0.25, 0.3) is 5.91 Å². The van der Waals surface area contributed by atoms with E-state index in [1.165, 1.54) is 43.4 Å². The molecule has 3 atom stereocenters. The molecule has 0 aromatic heterocycles. The number of hydrogen-bond acceptors (Lipinski definition) is 2. The van der Waals surface area contributed by atoms with Crippen LogP contribution in [0.3, 0.4) is 0 Å². The molecule has 0 radical (unpaired) electrons. The molecular weight excluding hydrogens is 288 g/mol. The highest BCUT2D eigenvalue weighted by Gasteiger charge is 2.37. The lowest BCUT2D eigenvalue weighted by molar-refractivity contribution is -0.928. The number of carbonyl (C=O) groups is 1. The summed E-state index contributed by atoms with van der Waals surface area (Å²) in [6.07, 6.45) is 8.08. The Morgan fingerprint density at radius 3 is 2.70 bits per heavy atom. The molecule has 0 spiro atoms. The van der Waals surface area contributed by atoms with Gasteiger partial charge in [0.2, 0.25) is 0 Å². The summed E-state index contributed by atoms with van der Waals surface area (Å²) in [4.78, 5) is 13.8. The zero-order valence-electron chi connectivity index (χ0n) is 14.1. The van der Waals surface area contributed by atoms with Crippen LogP contribution in [-0.4, -0.2) is 32.1 Å². The van der Waals surface area contributed by atoms with Crippen molar-refractivity contribution < 1.29 is 14.4 Å². The Hall–Kier alpha value is -1.55. The van der Waals surface area contributed by atoms with Crippen LogP contribution in [0.4, 0.5) is 0 Å². The lowest BCUT2D eigenvalue weighted by atomic mass is 9.78. The highest BCUT2D eigenvalue weighted by molar-refractivity contribution is 5.76. The van der Waals surface area contributed by atoms with E-state index in [0.29, 0.717) is 13.1 Å². The van der Waals surface area contributed by atoms with E-state index < -0.39 is 0 Å². The second kappa shape index (κ2) is 7.82. The number of likely N-dealkylation sites (tertiary alicyclic amines) is 1. The Balaban J connectivity index is 1.48. The molecule has 1 amide bonds. The number of fused-ring (bicyclic) bond motifs is 1. The Morgan fingerprint density at radius 1 is 1.17 bits per heavy atom. The van der Waals surface area contributed by atoms with Gasteiger partial charge in [-0.1, -0.05) is 18.6 Å². The molecule has 3 rings (SSSR count). The lowest BCUT2D eigenvalue weighted by Gasteiger charge is -2.40. The van der Waals surface area contributed by atoms with Crippen molar-refractivity contribution in [3.63, 3.8) is 0 Å². The van der Waals surface area contributed by atoms with E-state index in [1.54, 1.807) is 7.11 Å². The third kappa shape index (κ3) is 4.25. The number of hydrogen-bond donors (Lipinski definition) is 2. The zero-order valence-corrected chi connectivity index (χ0v) is 14.1. The monoisotopic (exact) mass is 317 g/mol. The van der Waals surface area contributed by atoms with Crippen molar-refractivity contribution in [2.24, 2.45) is 5.92 Å². The molecule has 1 aliphatic heterocycles. The second-order valence-electron chi connectivity index (χ2n) is 7.00. The van der Waals surface area contributed by atoms with Crippen molar-refractivity contribution in [2.45, 2.75) is 51.1 Å². The molecule has 23 heavy (non-hydrogen) atoms. The van der Waals surface area contributed by atoms with Gasteiger partial charge in [0.05, 0.1) is 19.7 Å². The summed E-state index contributed by atoms with van der Waals surface area (Å²) in [5, 5.41) is 3.08. The average molecular weight is 317 g/mol. The molecule has 1 aromatic carbocycles. The fraction of sp³-hybridized carbons (Fsp3) is 0.632. The molecule has 2 aliphatic rings. The third-order valence-corrected chi connectivity index (χ3v) is 5.54. The van der Waals surface area contributed by atoms with Crippen molar-refractivity contribution in [1.29, 1.82) is 0 Å². The van der Waals surface area contributed by atoms with Crippen LogP contribution in [0.2, 0.25) is 0 Å². The van der Waals surface area contributed by atoms with Crippen LogP contribution >= 0.6 is 0 Å². The smallest absolute Gasteiger partial charge is 0.275 e. The number of benzene rings is 1. The molecule has 126 valence electrons.